The van der Waals surface area contributed by atoms with E-state index in [0.717, 1.165) is 47.8 Å². The molecule has 1 atom stereocenters. The molecule has 5 nitrogen and oxygen atoms in total. The lowest BCUT2D eigenvalue weighted by molar-refractivity contribution is 0.0727. The molecule has 6 heteroatoms. The fourth-order valence-electron chi connectivity index (χ4n) is 4.43. The Labute approximate surface area is 216 Å². The van der Waals surface area contributed by atoms with E-state index >= 15 is 0 Å². The smallest absolute Gasteiger partial charge is 0.254 e. The minimum absolute atomic E-state index is 0.107. The van der Waals surface area contributed by atoms with Crippen LogP contribution in [0.2, 0.25) is 0 Å². The molecule has 4 aromatic rings. The number of carbonyl (C=O) groups is 1. The van der Waals surface area contributed by atoms with Gasteiger partial charge in [0, 0.05) is 30.8 Å². The molecule has 0 radical (unpaired) electrons. The maximum absolute atomic E-state index is 13.8. The molecule has 1 fully saturated rings. The van der Waals surface area contributed by atoms with Gasteiger partial charge in [-0.1, -0.05) is 42.5 Å². The molecular weight excluding hydrogens is 467 g/mol. The highest BCUT2D eigenvalue weighted by molar-refractivity contribution is 5.95. The first-order chi connectivity index (χ1) is 18.1. The van der Waals surface area contributed by atoms with E-state index < -0.39 is 0 Å². The topological polar surface area (TPSA) is 51.7 Å². The summed E-state index contributed by atoms with van der Waals surface area (Å²) in [5.74, 6) is 0.802. The number of nitrogens with zero attached hydrogens (tertiary/aromatic N) is 2. The molecule has 0 unspecified atom stereocenters. The van der Waals surface area contributed by atoms with Crippen LogP contribution in [-0.4, -0.2) is 35.6 Å². The van der Waals surface area contributed by atoms with Gasteiger partial charge in [0.15, 0.2) is 0 Å². The molecule has 1 aromatic heterocycles. The fourth-order valence-corrected chi connectivity index (χ4v) is 4.43. The van der Waals surface area contributed by atoms with Crippen molar-refractivity contribution in [3.05, 3.63) is 120 Å². The van der Waals surface area contributed by atoms with Crippen molar-refractivity contribution in [1.29, 1.82) is 0 Å². The lowest BCUT2D eigenvalue weighted by Gasteiger charge is -2.23. The zero-order valence-corrected chi connectivity index (χ0v) is 20.6. The first-order valence-corrected chi connectivity index (χ1v) is 12.5. The van der Waals surface area contributed by atoms with E-state index in [-0.39, 0.29) is 11.7 Å². The maximum Gasteiger partial charge on any atom is 0.254 e. The predicted molar refractivity (Wildman–Crippen MR) is 141 cm³/mol. The molecule has 1 saturated heterocycles. The monoisotopic (exact) mass is 496 g/mol. The summed E-state index contributed by atoms with van der Waals surface area (Å²) in [6.07, 6.45) is 2.75. The van der Waals surface area contributed by atoms with Crippen LogP contribution in [0.1, 0.15) is 28.0 Å². The highest BCUT2D eigenvalue weighted by Crippen LogP contribution is 2.24. The van der Waals surface area contributed by atoms with E-state index in [1.165, 1.54) is 12.1 Å². The van der Waals surface area contributed by atoms with Gasteiger partial charge in [-0.2, -0.15) is 0 Å². The summed E-state index contributed by atoms with van der Waals surface area (Å²) in [7, 11) is 0. The Hall–Kier alpha value is -4.03. The van der Waals surface area contributed by atoms with E-state index in [1.54, 1.807) is 23.2 Å². The van der Waals surface area contributed by atoms with Crippen molar-refractivity contribution in [2.75, 3.05) is 19.8 Å². The van der Waals surface area contributed by atoms with E-state index in [4.69, 9.17) is 9.47 Å². The standard InChI is InChI=1S/C31H29FN2O3/c32-28-12-10-25(11-13-28)26-6-4-7-27(18-26)31(35)34(20-29-8-1-2-15-33-29)19-23-5-3-9-30(17-23)37-22-24-14-16-36-21-24/h1-13,15,17-18,24H,14,16,19-22H2/t24-/m1/s1. The number of benzene rings is 3. The van der Waals surface area contributed by atoms with Gasteiger partial charge in [-0.05, 0) is 71.6 Å². The fraction of sp³-hybridized carbons (Fsp3) is 0.226. The van der Waals surface area contributed by atoms with Crippen molar-refractivity contribution in [2.24, 2.45) is 5.92 Å². The Morgan fingerprint density at radius 1 is 0.946 bits per heavy atom. The number of carbonyl (C=O) groups excluding carboxylic acids is 1. The number of pyridine rings is 1. The molecule has 1 aliphatic rings. The second kappa shape index (κ2) is 11.8. The molecule has 0 saturated carbocycles. The van der Waals surface area contributed by atoms with Crippen molar-refractivity contribution in [3.63, 3.8) is 0 Å². The Balaban J connectivity index is 1.37. The average Bonchev–Trinajstić information content (AvgIpc) is 3.46. The molecule has 0 N–H and O–H groups in total. The van der Waals surface area contributed by atoms with E-state index in [0.29, 0.717) is 31.2 Å². The zero-order chi connectivity index (χ0) is 25.5. The van der Waals surface area contributed by atoms with Crippen molar-refractivity contribution in [1.82, 2.24) is 9.88 Å². The van der Waals surface area contributed by atoms with Gasteiger partial charge in [-0.25, -0.2) is 4.39 Å². The van der Waals surface area contributed by atoms with Gasteiger partial charge in [0.1, 0.15) is 11.6 Å². The normalized spacial score (nSPS) is 14.9. The van der Waals surface area contributed by atoms with Gasteiger partial charge in [0.05, 0.1) is 25.5 Å². The van der Waals surface area contributed by atoms with Gasteiger partial charge >= 0.3 is 0 Å². The number of halogens is 1. The molecule has 188 valence electrons. The van der Waals surface area contributed by atoms with Gasteiger partial charge in [-0.3, -0.25) is 9.78 Å². The summed E-state index contributed by atoms with van der Waals surface area (Å²) >= 11 is 0. The van der Waals surface area contributed by atoms with Crippen LogP contribution in [0.3, 0.4) is 0 Å². The van der Waals surface area contributed by atoms with Gasteiger partial charge in [0.2, 0.25) is 0 Å². The third-order valence-electron chi connectivity index (χ3n) is 6.43. The largest absolute Gasteiger partial charge is 0.493 e. The van der Waals surface area contributed by atoms with Crippen molar-refractivity contribution in [3.8, 4) is 16.9 Å². The number of amides is 1. The summed E-state index contributed by atoms with van der Waals surface area (Å²) in [4.78, 5) is 20.0. The van der Waals surface area contributed by atoms with E-state index in [2.05, 4.69) is 4.98 Å². The molecule has 0 aliphatic carbocycles. The molecule has 0 bridgehead atoms. The summed E-state index contributed by atoms with van der Waals surface area (Å²) in [5, 5.41) is 0. The van der Waals surface area contributed by atoms with Crippen LogP contribution in [0, 0.1) is 11.7 Å². The summed E-state index contributed by atoms with van der Waals surface area (Å²) in [6, 6.07) is 27.3. The first-order valence-electron chi connectivity index (χ1n) is 12.5. The lowest BCUT2D eigenvalue weighted by atomic mass is 10.0. The second-order valence-electron chi connectivity index (χ2n) is 9.26. The third-order valence-corrected chi connectivity index (χ3v) is 6.43. The molecule has 0 spiro atoms. The molecule has 1 amide bonds. The van der Waals surface area contributed by atoms with E-state index in [9.17, 15) is 9.18 Å². The highest BCUT2D eigenvalue weighted by atomic mass is 19.1. The third kappa shape index (κ3) is 6.60. The van der Waals surface area contributed by atoms with Crippen LogP contribution in [0.15, 0.2) is 97.2 Å². The van der Waals surface area contributed by atoms with Gasteiger partial charge in [0.25, 0.3) is 5.91 Å². The van der Waals surface area contributed by atoms with Crippen molar-refractivity contribution in [2.45, 2.75) is 19.5 Å². The first kappa shape index (κ1) is 24.7. The Bertz CT molecular complexity index is 1320. The highest BCUT2D eigenvalue weighted by Gasteiger charge is 2.19. The minimum atomic E-state index is -0.291. The quantitative estimate of drug-likeness (QED) is 0.279. The van der Waals surface area contributed by atoms with Gasteiger partial charge < -0.3 is 14.4 Å². The summed E-state index contributed by atoms with van der Waals surface area (Å²) in [5.41, 5.74) is 4.05. The van der Waals surface area contributed by atoms with Crippen LogP contribution in [0.5, 0.6) is 5.75 Å². The number of hydrogen-bond acceptors (Lipinski definition) is 4. The van der Waals surface area contributed by atoms with Crippen LogP contribution >= 0.6 is 0 Å². The molecule has 3 aromatic carbocycles. The molecule has 5 rings (SSSR count). The van der Waals surface area contributed by atoms with Crippen molar-refractivity contribution >= 4 is 5.91 Å². The SMILES string of the molecule is O=C(c1cccc(-c2ccc(F)cc2)c1)N(Cc1cccc(OC[C@@H]2CCOC2)c1)Cc1ccccn1. The molecule has 37 heavy (non-hydrogen) atoms. The summed E-state index contributed by atoms with van der Waals surface area (Å²) < 4.78 is 24.9. The second-order valence-corrected chi connectivity index (χ2v) is 9.26. The Morgan fingerprint density at radius 3 is 2.59 bits per heavy atom. The molecule has 2 heterocycles. The lowest BCUT2D eigenvalue weighted by Crippen LogP contribution is -2.30. The Morgan fingerprint density at radius 2 is 1.81 bits per heavy atom. The van der Waals surface area contributed by atoms with Crippen LogP contribution in [0.4, 0.5) is 4.39 Å². The van der Waals surface area contributed by atoms with Crippen LogP contribution in [-0.2, 0) is 17.8 Å². The van der Waals surface area contributed by atoms with Gasteiger partial charge in [-0.15, -0.1) is 0 Å². The molecule has 1 aliphatic heterocycles. The van der Waals surface area contributed by atoms with Crippen LogP contribution < -0.4 is 4.74 Å². The van der Waals surface area contributed by atoms with Crippen molar-refractivity contribution < 1.29 is 18.7 Å². The summed E-state index contributed by atoms with van der Waals surface area (Å²) in [6.45, 7) is 2.92. The minimum Gasteiger partial charge on any atom is -0.493 e. The predicted octanol–water partition coefficient (Wildman–Crippen LogP) is 6.15. The number of rotatable bonds is 9. The zero-order valence-electron chi connectivity index (χ0n) is 20.6. The maximum atomic E-state index is 13.8. The number of aromatic nitrogens is 1. The van der Waals surface area contributed by atoms with Crippen LogP contribution in [0.25, 0.3) is 11.1 Å². The number of hydrogen-bond donors (Lipinski definition) is 0. The average molecular weight is 497 g/mol. The van der Waals surface area contributed by atoms with E-state index in [1.807, 2.05) is 66.7 Å². The Kier molecular flexibility index (Phi) is 7.87. The number of ether oxygens (including phenoxy) is 2. The molecular formula is C31H29FN2O3.